The Balaban J connectivity index is 1.79. The molecule has 6 heteroatoms. The number of pyridine rings is 1. The number of ketones is 1. The molecule has 0 spiro atoms. The van der Waals surface area contributed by atoms with Gasteiger partial charge in [0.15, 0.2) is 5.78 Å². The molecule has 1 aromatic heterocycles. The molecular formula is C25H28N4O2. The van der Waals surface area contributed by atoms with Gasteiger partial charge >= 0.3 is 0 Å². The number of carbonyl (C=O) groups excluding carboxylic acids is 2. The number of hydrogen-bond donors (Lipinski definition) is 2. The van der Waals surface area contributed by atoms with Gasteiger partial charge in [-0.3, -0.25) is 9.59 Å². The predicted molar refractivity (Wildman–Crippen MR) is 123 cm³/mol. The monoisotopic (exact) mass is 416 g/mol. The Hall–Kier alpha value is -3.41. The molecule has 0 saturated carbocycles. The summed E-state index contributed by atoms with van der Waals surface area (Å²) < 4.78 is 0. The van der Waals surface area contributed by atoms with E-state index in [0.717, 1.165) is 29.1 Å². The van der Waals surface area contributed by atoms with Gasteiger partial charge in [0.1, 0.15) is 5.82 Å². The Kier molecular flexibility index (Phi) is 5.63. The van der Waals surface area contributed by atoms with Gasteiger partial charge in [-0.25, -0.2) is 4.98 Å². The number of hydrogen-bond acceptors (Lipinski definition) is 5. The summed E-state index contributed by atoms with van der Waals surface area (Å²) >= 11 is 0. The molecule has 2 heterocycles. The summed E-state index contributed by atoms with van der Waals surface area (Å²) in [5, 5.41) is 6.27. The third-order valence-corrected chi connectivity index (χ3v) is 5.93. The molecule has 2 atom stereocenters. The molecule has 0 fully saturated rings. The van der Waals surface area contributed by atoms with Crippen LogP contribution in [0.5, 0.6) is 0 Å². The van der Waals surface area contributed by atoms with Gasteiger partial charge < -0.3 is 15.5 Å². The van der Waals surface area contributed by atoms with Crippen molar-refractivity contribution in [3.63, 3.8) is 0 Å². The molecule has 4 rings (SSSR count). The van der Waals surface area contributed by atoms with Gasteiger partial charge in [-0.05, 0) is 49.1 Å². The van der Waals surface area contributed by atoms with E-state index in [9.17, 15) is 9.59 Å². The number of Topliss-reactive ketones (excluding diaryl/α,β-unsaturated/α-hetero) is 1. The second-order valence-corrected chi connectivity index (χ2v) is 8.58. The lowest BCUT2D eigenvalue weighted by molar-refractivity contribution is -0.117. The van der Waals surface area contributed by atoms with E-state index in [1.54, 1.807) is 18.3 Å². The zero-order valence-electron chi connectivity index (χ0n) is 18.4. The van der Waals surface area contributed by atoms with E-state index >= 15 is 0 Å². The minimum absolute atomic E-state index is 0.110. The molecule has 2 aliphatic rings. The number of dihydropyridines is 1. The molecule has 1 amide bonds. The van der Waals surface area contributed by atoms with Crippen LogP contribution in [0.1, 0.15) is 38.2 Å². The topological polar surface area (TPSA) is 74.3 Å². The number of allylic oxidation sites excluding steroid dienone is 3. The van der Waals surface area contributed by atoms with Gasteiger partial charge in [0.05, 0.1) is 0 Å². The first-order valence-electron chi connectivity index (χ1n) is 10.6. The van der Waals surface area contributed by atoms with Crippen LogP contribution >= 0.6 is 0 Å². The summed E-state index contributed by atoms with van der Waals surface area (Å²) in [6.07, 6.45) is 2.95. The lowest BCUT2D eigenvalue weighted by atomic mass is 9.73. The van der Waals surface area contributed by atoms with Gasteiger partial charge in [0, 0.05) is 60.9 Å². The molecule has 0 bridgehead atoms. The van der Waals surface area contributed by atoms with Gasteiger partial charge in [-0.2, -0.15) is 0 Å². The second kappa shape index (κ2) is 8.38. The molecule has 1 aliphatic heterocycles. The molecule has 2 N–H and O–H groups in total. The first kappa shape index (κ1) is 20.8. The molecule has 1 aliphatic carbocycles. The Morgan fingerprint density at radius 3 is 2.52 bits per heavy atom. The lowest BCUT2D eigenvalue weighted by Crippen LogP contribution is -2.37. The average molecular weight is 417 g/mol. The van der Waals surface area contributed by atoms with Crippen molar-refractivity contribution in [2.75, 3.05) is 24.3 Å². The van der Waals surface area contributed by atoms with Crippen LogP contribution in [0.3, 0.4) is 0 Å². The van der Waals surface area contributed by atoms with Crippen LogP contribution in [0.25, 0.3) is 0 Å². The van der Waals surface area contributed by atoms with Crippen molar-refractivity contribution in [1.29, 1.82) is 0 Å². The van der Waals surface area contributed by atoms with Crippen LogP contribution in [0.2, 0.25) is 0 Å². The molecule has 31 heavy (non-hydrogen) atoms. The maximum absolute atomic E-state index is 13.4. The number of carbonyl (C=O) groups is 2. The molecule has 6 nitrogen and oxygen atoms in total. The summed E-state index contributed by atoms with van der Waals surface area (Å²) in [5.74, 6) is 0.225. The van der Waals surface area contributed by atoms with Crippen LogP contribution < -0.4 is 15.5 Å². The number of amides is 1. The van der Waals surface area contributed by atoms with Crippen molar-refractivity contribution in [3.8, 4) is 0 Å². The van der Waals surface area contributed by atoms with Gasteiger partial charge in [-0.15, -0.1) is 0 Å². The minimum atomic E-state index is -0.406. The summed E-state index contributed by atoms with van der Waals surface area (Å²) in [7, 11) is 3.98. The quantitative estimate of drug-likeness (QED) is 0.788. The van der Waals surface area contributed by atoms with Crippen LogP contribution in [-0.2, 0) is 9.59 Å². The van der Waals surface area contributed by atoms with E-state index in [0.29, 0.717) is 23.4 Å². The maximum Gasteiger partial charge on any atom is 0.255 e. The Labute approximate surface area is 183 Å². The summed E-state index contributed by atoms with van der Waals surface area (Å²) in [6.45, 7) is 3.99. The maximum atomic E-state index is 13.4. The minimum Gasteiger partial charge on any atom is -0.378 e. The van der Waals surface area contributed by atoms with Gasteiger partial charge in [0.2, 0.25) is 0 Å². The molecule has 0 unspecified atom stereocenters. The predicted octanol–water partition coefficient (Wildman–Crippen LogP) is 4.00. The fourth-order valence-corrected chi connectivity index (χ4v) is 4.45. The number of rotatable bonds is 4. The van der Waals surface area contributed by atoms with Crippen molar-refractivity contribution >= 4 is 23.2 Å². The number of benzene rings is 1. The third-order valence-electron chi connectivity index (χ3n) is 5.93. The fraction of sp³-hybridized carbons (Fsp3) is 0.320. The zero-order valence-corrected chi connectivity index (χ0v) is 18.4. The Bertz CT molecular complexity index is 1070. The molecule has 0 saturated heterocycles. The van der Waals surface area contributed by atoms with E-state index in [1.807, 2.05) is 56.3 Å². The van der Waals surface area contributed by atoms with E-state index in [2.05, 4.69) is 22.5 Å². The Morgan fingerprint density at radius 1 is 1.13 bits per heavy atom. The summed E-state index contributed by atoms with van der Waals surface area (Å²) in [5.41, 5.74) is 4.99. The lowest BCUT2D eigenvalue weighted by Gasteiger charge is -2.36. The molecule has 1 aromatic carbocycles. The fourth-order valence-electron chi connectivity index (χ4n) is 4.45. The number of aromatic nitrogens is 1. The largest absolute Gasteiger partial charge is 0.378 e. The van der Waals surface area contributed by atoms with Gasteiger partial charge in [-0.1, -0.05) is 25.1 Å². The molecular weight excluding hydrogens is 388 g/mol. The van der Waals surface area contributed by atoms with E-state index in [4.69, 9.17) is 0 Å². The van der Waals surface area contributed by atoms with Crippen molar-refractivity contribution in [2.24, 2.45) is 5.92 Å². The van der Waals surface area contributed by atoms with Crippen LogP contribution in [0.4, 0.5) is 11.5 Å². The molecule has 2 aromatic rings. The highest BCUT2D eigenvalue weighted by Gasteiger charge is 2.39. The highest BCUT2D eigenvalue weighted by molar-refractivity contribution is 6.09. The summed E-state index contributed by atoms with van der Waals surface area (Å²) in [6, 6.07) is 13.5. The zero-order chi connectivity index (χ0) is 22.1. The smallest absolute Gasteiger partial charge is 0.255 e. The summed E-state index contributed by atoms with van der Waals surface area (Å²) in [4.78, 5) is 32.8. The number of nitrogens with one attached hydrogen (secondary N) is 2. The average Bonchev–Trinajstić information content (AvgIpc) is 2.73. The highest BCUT2D eigenvalue weighted by Crippen LogP contribution is 2.43. The highest BCUT2D eigenvalue weighted by atomic mass is 16.2. The second-order valence-electron chi connectivity index (χ2n) is 8.58. The normalized spacial score (nSPS) is 20.8. The van der Waals surface area contributed by atoms with Crippen molar-refractivity contribution in [2.45, 2.75) is 32.6 Å². The van der Waals surface area contributed by atoms with E-state index in [1.165, 1.54) is 0 Å². The Morgan fingerprint density at radius 2 is 1.87 bits per heavy atom. The van der Waals surface area contributed by atoms with Crippen LogP contribution in [0.15, 0.2) is 71.2 Å². The molecule has 0 radical (unpaired) electrons. The first-order chi connectivity index (χ1) is 14.8. The number of nitrogens with zero attached hydrogens (tertiary/aromatic N) is 2. The van der Waals surface area contributed by atoms with Crippen molar-refractivity contribution < 1.29 is 9.59 Å². The first-order valence-corrected chi connectivity index (χ1v) is 10.6. The standard InChI is InChI=1S/C25H28N4O2/c1-15-13-19-24(20(30)14-15)23(17-8-10-18(11-9-17)29(3)4)22(16(2)27-19)25(31)28-21-7-5-6-12-26-21/h5-12,15,23,27H,13-14H2,1-4H3,(H,26,28,31)/t15-,23+/m1/s1. The number of anilines is 2. The van der Waals surface area contributed by atoms with Gasteiger partial charge in [0.25, 0.3) is 5.91 Å². The SMILES string of the molecule is CC1=C(C(=O)Nc2ccccn2)[C@H](c2ccc(N(C)C)cc2)C2=C(C[C@@H](C)CC2=O)N1. The van der Waals surface area contributed by atoms with Crippen molar-refractivity contribution in [3.05, 3.63) is 76.8 Å². The van der Waals surface area contributed by atoms with Crippen molar-refractivity contribution in [1.82, 2.24) is 10.3 Å². The molecule has 160 valence electrons. The van der Waals surface area contributed by atoms with E-state index < -0.39 is 5.92 Å². The third kappa shape index (κ3) is 4.10. The van der Waals surface area contributed by atoms with Crippen LogP contribution in [-0.4, -0.2) is 30.8 Å². The van der Waals surface area contributed by atoms with Crippen LogP contribution in [0, 0.1) is 5.92 Å². The van der Waals surface area contributed by atoms with E-state index in [-0.39, 0.29) is 17.6 Å².